The van der Waals surface area contributed by atoms with E-state index < -0.39 is 23.5 Å². The van der Waals surface area contributed by atoms with Gasteiger partial charge in [0.25, 0.3) is 0 Å². The molecule has 0 unspecified atom stereocenters. The quantitative estimate of drug-likeness (QED) is 0.578. The van der Waals surface area contributed by atoms with E-state index in [2.05, 4.69) is 15.7 Å². The van der Waals surface area contributed by atoms with Gasteiger partial charge < -0.3 is 15.4 Å². The van der Waals surface area contributed by atoms with Gasteiger partial charge in [-0.05, 0) is 31.2 Å². The number of anilines is 1. The first kappa shape index (κ1) is 22.9. The second kappa shape index (κ2) is 9.58. The van der Waals surface area contributed by atoms with Gasteiger partial charge in [-0.1, -0.05) is 24.3 Å². The highest BCUT2D eigenvalue weighted by Crippen LogP contribution is 2.31. The molecule has 2 aromatic carbocycles. The van der Waals surface area contributed by atoms with Crippen molar-refractivity contribution in [3.63, 3.8) is 0 Å². The van der Waals surface area contributed by atoms with Crippen molar-refractivity contribution in [3.8, 4) is 17.1 Å². The molecule has 0 aliphatic heterocycles. The van der Waals surface area contributed by atoms with Crippen LogP contribution in [0.1, 0.15) is 12.5 Å². The number of rotatable bonds is 7. The molecule has 1 heterocycles. The Morgan fingerprint density at radius 1 is 1.16 bits per heavy atom. The van der Waals surface area contributed by atoms with Gasteiger partial charge in [-0.3, -0.25) is 4.57 Å². The molecule has 11 heteroatoms. The summed E-state index contributed by atoms with van der Waals surface area (Å²) in [6.07, 6.45) is -4.50. The van der Waals surface area contributed by atoms with E-state index in [0.717, 1.165) is 21.4 Å². The normalized spacial score (nSPS) is 11.3. The van der Waals surface area contributed by atoms with Crippen molar-refractivity contribution in [3.05, 3.63) is 64.6 Å². The summed E-state index contributed by atoms with van der Waals surface area (Å²) in [5.74, 6) is 0.619. The van der Waals surface area contributed by atoms with E-state index in [9.17, 15) is 22.8 Å². The molecule has 32 heavy (non-hydrogen) atoms. The van der Waals surface area contributed by atoms with Gasteiger partial charge >= 0.3 is 17.9 Å². The second-order valence-electron chi connectivity index (χ2n) is 6.78. The minimum Gasteiger partial charge on any atom is -0.492 e. The van der Waals surface area contributed by atoms with Gasteiger partial charge in [0, 0.05) is 19.2 Å². The van der Waals surface area contributed by atoms with Crippen LogP contribution in [-0.4, -0.2) is 33.5 Å². The lowest BCUT2D eigenvalue weighted by Gasteiger charge is -2.11. The molecule has 0 aliphatic rings. The molecule has 170 valence electrons. The van der Waals surface area contributed by atoms with Crippen molar-refractivity contribution < 1.29 is 22.7 Å². The summed E-state index contributed by atoms with van der Waals surface area (Å²) >= 11 is 0. The van der Waals surface area contributed by atoms with Gasteiger partial charge in [0.05, 0.1) is 24.4 Å². The molecule has 0 fully saturated rings. The summed E-state index contributed by atoms with van der Waals surface area (Å²) in [7, 11) is 1.42. The number of nitrogens with one attached hydrogen (secondary N) is 2. The number of carbonyl (C=O) groups is 1. The number of halogens is 3. The predicted molar refractivity (Wildman–Crippen MR) is 113 cm³/mol. The average Bonchev–Trinajstić information content (AvgIpc) is 3.03. The summed E-state index contributed by atoms with van der Waals surface area (Å²) in [6.45, 7) is 2.37. The number of amides is 2. The maximum Gasteiger partial charge on any atom is 0.416 e. The van der Waals surface area contributed by atoms with E-state index >= 15 is 0 Å². The average molecular weight is 449 g/mol. The van der Waals surface area contributed by atoms with Crippen LogP contribution in [0.15, 0.2) is 53.3 Å². The fraction of sp³-hybridized carbons (Fsp3) is 0.286. The number of alkyl halides is 3. The summed E-state index contributed by atoms with van der Waals surface area (Å²) in [6, 6.07) is 11.0. The molecule has 1 aromatic heterocycles. The molecular weight excluding hydrogens is 427 g/mol. The van der Waals surface area contributed by atoms with E-state index in [1.165, 1.54) is 19.2 Å². The Labute approximate surface area is 181 Å². The maximum atomic E-state index is 13.0. The van der Waals surface area contributed by atoms with Crippen LogP contribution >= 0.6 is 0 Å². The lowest BCUT2D eigenvalue weighted by molar-refractivity contribution is -0.137. The van der Waals surface area contributed by atoms with Crippen LogP contribution in [-0.2, 0) is 19.8 Å². The van der Waals surface area contributed by atoms with Gasteiger partial charge in [0.1, 0.15) is 5.75 Å². The lowest BCUT2D eigenvalue weighted by Crippen LogP contribution is -2.34. The zero-order valence-electron chi connectivity index (χ0n) is 17.4. The summed E-state index contributed by atoms with van der Waals surface area (Å²) in [5.41, 5.74) is -0.686. The van der Waals surface area contributed by atoms with E-state index in [4.69, 9.17) is 4.74 Å². The van der Waals surface area contributed by atoms with Crippen LogP contribution in [0.2, 0.25) is 0 Å². The Bertz CT molecular complexity index is 1150. The molecule has 0 atom stereocenters. The van der Waals surface area contributed by atoms with Crippen molar-refractivity contribution in [2.45, 2.75) is 19.6 Å². The van der Waals surface area contributed by atoms with Crippen molar-refractivity contribution >= 4 is 11.7 Å². The Hall–Kier alpha value is -3.76. The molecule has 0 saturated carbocycles. The number of hydrogen-bond donors (Lipinski definition) is 2. The predicted octanol–water partition coefficient (Wildman–Crippen LogP) is 3.49. The Balaban J connectivity index is 1.66. The van der Waals surface area contributed by atoms with Crippen LogP contribution in [0.25, 0.3) is 11.4 Å². The van der Waals surface area contributed by atoms with Crippen LogP contribution in [0.3, 0.4) is 0 Å². The fourth-order valence-electron chi connectivity index (χ4n) is 3.01. The van der Waals surface area contributed by atoms with Gasteiger partial charge in [0.15, 0.2) is 5.82 Å². The summed E-state index contributed by atoms with van der Waals surface area (Å²) in [4.78, 5) is 24.6. The summed E-state index contributed by atoms with van der Waals surface area (Å²) in [5, 5.41) is 9.40. The Morgan fingerprint density at radius 2 is 1.91 bits per heavy atom. The molecule has 0 saturated heterocycles. The minimum atomic E-state index is -4.50. The third-order valence-electron chi connectivity index (χ3n) is 4.53. The SMILES string of the molecule is CCOc1ccccc1NC(=O)NCCn1nc(-c2cccc(C(F)(F)F)c2)n(C)c1=O. The highest BCUT2D eigenvalue weighted by Gasteiger charge is 2.30. The van der Waals surface area contributed by atoms with E-state index in [1.54, 1.807) is 24.3 Å². The van der Waals surface area contributed by atoms with Crippen LogP contribution < -0.4 is 21.1 Å². The van der Waals surface area contributed by atoms with Gasteiger partial charge in [-0.2, -0.15) is 13.2 Å². The third-order valence-corrected chi connectivity index (χ3v) is 4.53. The smallest absolute Gasteiger partial charge is 0.416 e. The third kappa shape index (κ3) is 5.29. The molecule has 0 aliphatic carbocycles. The lowest BCUT2D eigenvalue weighted by atomic mass is 10.1. The largest absolute Gasteiger partial charge is 0.492 e. The van der Waals surface area contributed by atoms with E-state index in [0.29, 0.717) is 18.0 Å². The molecule has 8 nitrogen and oxygen atoms in total. The van der Waals surface area contributed by atoms with Gasteiger partial charge in [-0.25, -0.2) is 14.3 Å². The molecule has 3 aromatic rings. The maximum absolute atomic E-state index is 13.0. The first-order valence-electron chi connectivity index (χ1n) is 9.79. The van der Waals surface area contributed by atoms with Crippen molar-refractivity contribution in [1.29, 1.82) is 0 Å². The number of para-hydroxylation sites is 2. The monoisotopic (exact) mass is 449 g/mol. The zero-order valence-corrected chi connectivity index (χ0v) is 17.4. The zero-order chi connectivity index (χ0) is 23.3. The second-order valence-corrected chi connectivity index (χ2v) is 6.78. The number of hydrogen-bond acceptors (Lipinski definition) is 4. The van der Waals surface area contributed by atoms with Crippen molar-refractivity contribution in [1.82, 2.24) is 19.7 Å². The number of urea groups is 1. The molecule has 2 amide bonds. The molecule has 0 radical (unpaired) electrons. The Kier molecular flexibility index (Phi) is 6.86. The fourth-order valence-corrected chi connectivity index (χ4v) is 3.01. The number of benzene rings is 2. The molecule has 0 bridgehead atoms. The van der Waals surface area contributed by atoms with Crippen LogP contribution in [0.4, 0.5) is 23.7 Å². The highest BCUT2D eigenvalue weighted by molar-refractivity contribution is 5.90. The number of nitrogens with zero attached hydrogens (tertiary/aromatic N) is 3. The van der Waals surface area contributed by atoms with Crippen molar-refractivity contribution in [2.75, 3.05) is 18.5 Å². The van der Waals surface area contributed by atoms with Gasteiger partial charge in [-0.15, -0.1) is 5.10 Å². The minimum absolute atomic E-state index is 0.0339. The van der Waals surface area contributed by atoms with E-state index in [-0.39, 0.29) is 24.5 Å². The molecule has 3 rings (SSSR count). The molecule has 2 N–H and O–H groups in total. The van der Waals surface area contributed by atoms with Crippen LogP contribution in [0.5, 0.6) is 5.75 Å². The standard InChI is InChI=1S/C21H22F3N5O3/c1-3-32-17-10-5-4-9-16(17)26-19(30)25-11-12-29-20(31)28(2)18(27-29)14-7-6-8-15(13-14)21(22,23)24/h4-10,13H,3,11-12H2,1-2H3,(H2,25,26,30). The molecule has 0 spiro atoms. The van der Waals surface area contributed by atoms with E-state index in [1.807, 2.05) is 6.92 Å². The summed E-state index contributed by atoms with van der Waals surface area (Å²) < 4.78 is 46.7. The Morgan fingerprint density at radius 3 is 2.62 bits per heavy atom. The first-order valence-corrected chi connectivity index (χ1v) is 9.79. The molecular formula is C21H22F3N5O3. The van der Waals surface area contributed by atoms with Gasteiger partial charge in [0.2, 0.25) is 0 Å². The first-order chi connectivity index (χ1) is 15.2. The number of ether oxygens (including phenoxy) is 1. The van der Waals surface area contributed by atoms with Crippen molar-refractivity contribution in [2.24, 2.45) is 7.05 Å². The topological polar surface area (TPSA) is 90.2 Å². The number of carbonyl (C=O) groups excluding carboxylic acids is 1. The number of aromatic nitrogens is 3. The highest BCUT2D eigenvalue weighted by atomic mass is 19.4. The van der Waals surface area contributed by atoms with Crippen LogP contribution in [0, 0.1) is 0 Å².